The minimum Gasteiger partial charge on any atom is -0.469 e. The zero-order valence-electron chi connectivity index (χ0n) is 16.2. The summed E-state index contributed by atoms with van der Waals surface area (Å²) < 4.78 is 11.0. The first-order chi connectivity index (χ1) is 11.5. The molecule has 0 aliphatic heterocycles. The molecule has 0 N–H and O–H groups in total. The summed E-state index contributed by atoms with van der Waals surface area (Å²) in [6.07, 6.45) is 3.14. The number of hydrogen-bond donors (Lipinski definition) is 0. The number of ketones is 1. The van der Waals surface area contributed by atoms with Crippen molar-refractivity contribution >= 4 is 26.1 Å². The maximum atomic E-state index is 12.3. The lowest BCUT2D eigenvalue weighted by atomic mass is 10.1. The van der Waals surface area contributed by atoms with Gasteiger partial charge in [0.05, 0.1) is 19.6 Å². The molecule has 1 rings (SSSR count). The van der Waals surface area contributed by atoms with Crippen molar-refractivity contribution in [1.29, 1.82) is 0 Å². The van der Waals surface area contributed by atoms with Gasteiger partial charge in [0.15, 0.2) is 14.1 Å². The van der Waals surface area contributed by atoms with E-state index in [0.717, 1.165) is 5.56 Å². The molecule has 138 valence electrons. The predicted molar refractivity (Wildman–Crippen MR) is 104 cm³/mol. The van der Waals surface area contributed by atoms with E-state index in [9.17, 15) is 9.59 Å². The number of esters is 1. The highest BCUT2D eigenvalue weighted by molar-refractivity contribution is 6.74. The molecular weight excluding hydrogens is 332 g/mol. The van der Waals surface area contributed by atoms with Crippen LogP contribution in [-0.4, -0.2) is 33.3 Å². The van der Waals surface area contributed by atoms with E-state index in [1.165, 1.54) is 7.11 Å². The van der Waals surface area contributed by atoms with Crippen molar-refractivity contribution < 1.29 is 18.8 Å². The zero-order chi connectivity index (χ0) is 19.1. The molecule has 0 saturated carbocycles. The second-order valence-electron chi connectivity index (χ2n) is 7.69. The highest BCUT2D eigenvalue weighted by Crippen LogP contribution is 2.38. The van der Waals surface area contributed by atoms with Crippen LogP contribution in [0.2, 0.25) is 18.1 Å². The van der Waals surface area contributed by atoms with Crippen molar-refractivity contribution in [3.05, 3.63) is 42.0 Å². The standard InChI is InChI=1S/C20H30O4Si/c1-20(2,3)25(5,6)24-18(15-19(22)23-4)14-17(21)13-12-16-10-8-7-9-11-16/h7-13,18H,14-15H2,1-6H3/t18-/m1/s1. The Labute approximate surface area is 152 Å². The summed E-state index contributed by atoms with van der Waals surface area (Å²) in [5.74, 6) is -0.417. The van der Waals surface area contributed by atoms with Crippen LogP contribution in [0, 0.1) is 0 Å². The van der Waals surface area contributed by atoms with Crippen molar-refractivity contribution in [3.63, 3.8) is 0 Å². The summed E-state index contributed by atoms with van der Waals surface area (Å²) in [7, 11) is -0.735. The van der Waals surface area contributed by atoms with E-state index in [1.807, 2.05) is 30.3 Å². The number of hydrogen-bond acceptors (Lipinski definition) is 4. The van der Waals surface area contributed by atoms with Crippen molar-refractivity contribution in [2.45, 2.75) is 57.8 Å². The van der Waals surface area contributed by atoms with Crippen molar-refractivity contribution in [2.24, 2.45) is 0 Å². The lowest BCUT2D eigenvalue weighted by Gasteiger charge is -2.39. The average Bonchev–Trinajstić information content (AvgIpc) is 2.52. The van der Waals surface area contributed by atoms with Crippen molar-refractivity contribution in [2.75, 3.05) is 7.11 Å². The predicted octanol–water partition coefficient (Wildman–Crippen LogP) is 4.61. The molecule has 0 aliphatic rings. The van der Waals surface area contributed by atoms with Gasteiger partial charge in [0.2, 0.25) is 0 Å². The molecule has 1 atom stereocenters. The third-order valence-electron chi connectivity index (χ3n) is 4.58. The van der Waals surface area contributed by atoms with E-state index in [4.69, 9.17) is 9.16 Å². The monoisotopic (exact) mass is 362 g/mol. The maximum absolute atomic E-state index is 12.3. The zero-order valence-corrected chi connectivity index (χ0v) is 17.2. The number of methoxy groups -OCH3 is 1. The number of carbonyl (C=O) groups excluding carboxylic acids is 2. The summed E-state index contributed by atoms with van der Waals surface area (Å²) in [4.78, 5) is 24.0. The number of allylic oxidation sites excluding steroid dienone is 1. The first-order valence-corrected chi connectivity index (χ1v) is 11.5. The Bertz CT molecular complexity index is 600. The fraction of sp³-hybridized carbons (Fsp3) is 0.500. The molecule has 0 unspecified atom stereocenters. The Morgan fingerprint density at radius 1 is 1.12 bits per heavy atom. The molecule has 0 bridgehead atoms. The maximum Gasteiger partial charge on any atom is 0.308 e. The van der Waals surface area contributed by atoms with Crippen molar-refractivity contribution in [3.8, 4) is 0 Å². The summed E-state index contributed by atoms with van der Waals surface area (Å²) in [5, 5.41) is 0.00426. The first kappa shape index (κ1) is 21.3. The molecule has 0 fully saturated rings. The molecule has 0 radical (unpaired) electrons. The normalized spacial score (nSPS) is 13.7. The molecule has 0 aromatic heterocycles. The van der Waals surface area contributed by atoms with Crippen LogP contribution in [0.1, 0.15) is 39.2 Å². The highest BCUT2D eigenvalue weighted by atomic mass is 28.4. The van der Waals surface area contributed by atoms with E-state index < -0.39 is 14.4 Å². The SMILES string of the molecule is COC(=O)C[C@@H](CC(=O)C=Cc1ccccc1)O[Si](C)(C)C(C)(C)C. The summed E-state index contributed by atoms with van der Waals surface area (Å²) in [5.41, 5.74) is 0.964. The molecule has 0 heterocycles. The smallest absolute Gasteiger partial charge is 0.308 e. The van der Waals surface area contributed by atoms with Gasteiger partial charge in [0.25, 0.3) is 0 Å². The number of carbonyl (C=O) groups is 2. The van der Waals surface area contributed by atoms with Crippen LogP contribution in [0.5, 0.6) is 0 Å². The van der Waals surface area contributed by atoms with E-state index >= 15 is 0 Å². The van der Waals surface area contributed by atoms with Gasteiger partial charge in [0.1, 0.15) is 0 Å². The van der Waals surface area contributed by atoms with Gasteiger partial charge in [-0.2, -0.15) is 0 Å². The molecule has 0 amide bonds. The molecule has 5 heteroatoms. The molecule has 1 aromatic rings. The van der Waals surface area contributed by atoms with Gasteiger partial charge in [0, 0.05) is 6.42 Å². The first-order valence-electron chi connectivity index (χ1n) is 8.56. The Kier molecular flexibility index (Phi) is 7.77. The van der Waals surface area contributed by atoms with Crippen LogP contribution < -0.4 is 0 Å². The molecule has 0 saturated heterocycles. The average molecular weight is 363 g/mol. The topological polar surface area (TPSA) is 52.6 Å². The number of rotatable bonds is 8. The number of benzene rings is 1. The van der Waals surface area contributed by atoms with Gasteiger partial charge in [-0.05, 0) is 29.8 Å². The van der Waals surface area contributed by atoms with Crippen LogP contribution in [0.25, 0.3) is 6.08 Å². The quantitative estimate of drug-likeness (QED) is 0.385. The molecular formula is C20H30O4Si. The van der Waals surface area contributed by atoms with E-state index in [2.05, 4.69) is 33.9 Å². The summed E-state index contributed by atoms with van der Waals surface area (Å²) in [6, 6.07) is 9.64. The van der Waals surface area contributed by atoms with Crippen LogP contribution in [0.4, 0.5) is 0 Å². The van der Waals surface area contributed by atoms with Crippen LogP contribution in [0.15, 0.2) is 36.4 Å². The lowest BCUT2D eigenvalue weighted by molar-refractivity contribution is -0.142. The van der Waals surface area contributed by atoms with Gasteiger partial charge in [-0.1, -0.05) is 57.2 Å². The fourth-order valence-electron chi connectivity index (χ4n) is 2.06. The van der Waals surface area contributed by atoms with Crippen LogP contribution in [-0.2, 0) is 18.8 Å². The Morgan fingerprint density at radius 3 is 2.24 bits per heavy atom. The molecule has 1 aromatic carbocycles. The van der Waals surface area contributed by atoms with Gasteiger partial charge in [-0.25, -0.2) is 0 Å². The molecule has 25 heavy (non-hydrogen) atoms. The fourth-order valence-corrected chi connectivity index (χ4v) is 3.42. The Balaban J connectivity index is 2.81. The minimum atomic E-state index is -2.09. The van der Waals surface area contributed by atoms with Gasteiger partial charge in [-0.3, -0.25) is 9.59 Å². The molecule has 0 aliphatic carbocycles. The highest BCUT2D eigenvalue weighted by Gasteiger charge is 2.39. The Morgan fingerprint density at radius 2 is 1.72 bits per heavy atom. The van der Waals surface area contributed by atoms with E-state index in [-0.39, 0.29) is 29.6 Å². The van der Waals surface area contributed by atoms with Crippen LogP contribution >= 0.6 is 0 Å². The van der Waals surface area contributed by atoms with Crippen LogP contribution in [0.3, 0.4) is 0 Å². The van der Waals surface area contributed by atoms with E-state index in [1.54, 1.807) is 12.2 Å². The van der Waals surface area contributed by atoms with E-state index in [0.29, 0.717) is 0 Å². The third kappa shape index (κ3) is 7.36. The molecule has 4 nitrogen and oxygen atoms in total. The molecule has 0 spiro atoms. The summed E-state index contributed by atoms with van der Waals surface area (Å²) >= 11 is 0. The number of ether oxygens (including phenoxy) is 1. The Hall–Kier alpha value is -1.72. The second kappa shape index (κ2) is 9.11. The van der Waals surface area contributed by atoms with Gasteiger partial charge >= 0.3 is 5.97 Å². The van der Waals surface area contributed by atoms with Gasteiger partial charge < -0.3 is 9.16 Å². The third-order valence-corrected chi connectivity index (χ3v) is 9.11. The minimum absolute atomic E-state index is 0.00426. The lowest BCUT2D eigenvalue weighted by Crippen LogP contribution is -2.44. The van der Waals surface area contributed by atoms with Crippen molar-refractivity contribution in [1.82, 2.24) is 0 Å². The summed E-state index contributed by atoms with van der Waals surface area (Å²) in [6.45, 7) is 10.6. The second-order valence-corrected chi connectivity index (χ2v) is 12.5. The van der Waals surface area contributed by atoms with Gasteiger partial charge in [-0.15, -0.1) is 0 Å². The largest absolute Gasteiger partial charge is 0.469 e.